The normalized spacial score (nSPS) is 17.8. The van der Waals surface area contributed by atoms with Crippen LogP contribution in [0, 0.1) is 11.5 Å². The Bertz CT molecular complexity index is 1210. The highest BCUT2D eigenvalue weighted by molar-refractivity contribution is 6.83. The lowest BCUT2D eigenvalue weighted by Crippen LogP contribution is -2.28. The minimum absolute atomic E-state index is 0.117. The molecule has 3 heterocycles. The molecular weight excluding hydrogens is 442 g/mol. The molecule has 0 N–H and O–H groups in total. The number of likely N-dealkylation sites (tertiary alicyclic amines) is 1. The third kappa shape index (κ3) is 5.87. The smallest absolute Gasteiger partial charge is 0.246 e. The molecule has 0 radical (unpaired) electrons. The van der Waals surface area contributed by atoms with Crippen LogP contribution in [0.3, 0.4) is 0 Å². The van der Waals surface area contributed by atoms with Crippen LogP contribution in [-0.2, 0) is 16.1 Å². The Hall–Kier alpha value is -3.54. The quantitative estimate of drug-likeness (QED) is 0.311. The highest BCUT2D eigenvalue weighted by Crippen LogP contribution is 2.27. The van der Waals surface area contributed by atoms with Gasteiger partial charge in [-0.15, -0.1) is 10.6 Å². The third-order valence-electron chi connectivity index (χ3n) is 5.53. The molecule has 7 nitrogen and oxygen atoms in total. The summed E-state index contributed by atoms with van der Waals surface area (Å²) < 4.78 is 8.08. The first-order valence-electron chi connectivity index (χ1n) is 11.3. The number of ether oxygens (including phenoxy) is 1. The van der Waals surface area contributed by atoms with Crippen LogP contribution in [0.15, 0.2) is 67.6 Å². The second-order valence-electron chi connectivity index (χ2n) is 9.39. The van der Waals surface area contributed by atoms with E-state index in [0.29, 0.717) is 19.7 Å². The van der Waals surface area contributed by atoms with Gasteiger partial charge in [-0.25, -0.2) is 4.68 Å². The van der Waals surface area contributed by atoms with E-state index in [-0.39, 0.29) is 18.1 Å². The summed E-state index contributed by atoms with van der Waals surface area (Å²) in [5.74, 6) is 3.16. The van der Waals surface area contributed by atoms with E-state index in [1.807, 2.05) is 42.6 Å². The summed E-state index contributed by atoms with van der Waals surface area (Å²) >= 11 is 0. The molecule has 1 aliphatic rings. The van der Waals surface area contributed by atoms with Crippen LogP contribution in [0.25, 0.3) is 11.3 Å². The number of pyridine rings is 1. The van der Waals surface area contributed by atoms with E-state index in [1.165, 1.54) is 6.08 Å². The van der Waals surface area contributed by atoms with Crippen LogP contribution in [0.4, 0.5) is 0 Å². The van der Waals surface area contributed by atoms with Gasteiger partial charge in [0.15, 0.2) is 0 Å². The average Bonchev–Trinajstić information content (AvgIpc) is 3.49. The fraction of sp³-hybridized carbons (Fsp3) is 0.308. The van der Waals surface area contributed by atoms with E-state index in [9.17, 15) is 4.79 Å². The lowest BCUT2D eigenvalue weighted by atomic mass is 10.1. The number of hydrogen-bond donors (Lipinski definition) is 0. The predicted molar refractivity (Wildman–Crippen MR) is 134 cm³/mol. The first-order chi connectivity index (χ1) is 16.3. The Labute approximate surface area is 201 Å². The van der Waals surface area contributed by atoms with Gasteiger partial charge in [-0.05, 0) is 35.9 Å². The van der Waals surface area contributed by atoms with Crippen LogP contribution in [-0.4, -0.2) is 58.1 Å². The molecule has 8 heteroatoms. The summed E-state index contributed by atoms with van der Waals surface area (Å²) in [5, 5.41) is 8.64. The largest absolute Gasteiger partial charge is 0.369 e. The van der Waals surface area contributed by atoms with Crippen molar-refractivity contribution in [3.05, 3.63) is 78.8 Å². The number of nitrogens with zero attached hydrogens (tertiary/aromatic N) is 5. The van der Waals surface area contributed by atoms with Gasteiger partial charge in [0.2, 0.25) is 5.91 Å². The van der Waals surface area contributed by atoms with Crippen molar-refractivity contribution in [3.63, 3.8) is 0 Å². The van der Waals surface area contributed by atoms with Crippen molar-refractivity contribution in [3.8, 4) is 22.7 Å². The van der Waals surface area contributed by atoms with Gasteiger partial charge in [0.1, 0.15) is 13.8 Å². The Balaban J connectivity index is 1.47. The van der Waals surface area contributed by atoms with Crippen molar-refractivity contribution < 1.29 is 9.53 Å². The van der Waals surface area contributed by atoms with Crippen molar-refractivity contribution >= 4 is 14.0 Å². The highest BCUT2D eigenvalue weighted by atomic mass is 28.3. The predicted octanol–water partition coefficient (Wildman–Crippen LogP) is 3.72. The molecule has 1 aromatic carbocycles. The first-order valence-corrected chi connectivity index (χ1v) is 14.8. The number of carbonyl (C=O) groups is 1. The molecule has 0 unspecified atom stereocenters. The number of rotatable bonds is 6. The second kappa shape index (κ2) is 10.2. The van der Waals surface area contributed by atoms with Crippen molar-refractivity contribution in [2.45, 2.75) is 38.4 Å². The zero-order valence-corrected chi connectivity index (χ0v) is 20.8. The lowest BCUT2D eigenvalue weighted by Gasteiger charge is -2.18. The van der Waals surface area contributed by atoms with E-state index in [0.717, 1.165) is 22.4 Å². The van der Waals surface area contributed by atoms with Crippen molar-refractivity contribution in [1.82, 2.24) is 24.9 Å². The molecule has 1 saturated heterocycles. The van der Waals surface area contributed by atoms with E-state index in [1.54, 1.807) is 22.0 Å². The maximum Gasteiger partial charge on any atom is 0.246 e. The fourth-order valence-electron chi connectivity index (χ4n) is 3.72. The molecule has 0 spiro atoms. The standard InChI is InChI=1S/C26H29N5O2Si/c1-5-26(32)30-17-24(31-16-23(28-29-31)22-7-6-13-27-15-22)25(18-30)33-19-21-10-8-20(9-11-21)12-14-34(2,3)4/h5-11,13,15-16,24-25H,1,17-19H2,2-4H3/t24-,25-/m1/s1. The maximum absolute atomic E-state index is 12.3. The molecule has 0 saturated carbocycles. The van der Waals surface area contributed by atoms with Gasteiger partial charge in [-0.2, -0.15) is 0 Å². The van der Waals surface area contributed by atoms with Crippen LogP contribution in [0.2, 0.25) is 19.6 Å². The molecule has 34 heavy (non-hydrogen) atoms. The summed E-state index contributed by atoms with van der Waals surface area (Å²) in [7, 11) is -1.41. The molecule has 4 rings (SSSR count). The Morgan fingerprint density at radius 3 is 2.71 bits per heavy atom. The van der Waals surface area contributed by atoms with Crippen molar-refractivity contribution in [2.75, 3.05) is 13.1 Å². The Morgan fingerprint density at radius 1 is 1.24 bits per heavy atom. The highest BCUT2D eigenvalue weighted by Gasteiger charge is 2.37. The molecule has 0 aliphatic carbocycles. The van der Waals surface area contributed by atoms with E-state index < -0.39 is 8.07 Å². The van der Waals surface area contributed by atoms with Gasteiger partial charge >= 0.3 is 0 Å². The maximum atomic E-state index is 12.3. The summed E-state index contributed by atoms with van der Waals surface area (Å²) in [6.07, 6.45) is 6.47. The molecule has 0 bridgehead atoms. The topological polar surface area (TPSA) is 73.1 Å². The molecular formula is C26H29N5O2Si. The molecule has 2 aromatic heterocycles. The molecule has 1 fully saturated rings. The summed E-state index contributed by atoms with van der Waals surface area (Å²) in [5.41, 5.74) is 7.08. The van der Waals surface area contributed by atoms with Gasteiger partial charge < -0.3 is 9.64 Å². The van der Waals surface area contributed by atoms with Crippen molar-refractivity contribution in [1.29, 1.82) is 0 Å². The SMILES string of the molecule is C=CC(=O)N1C[C@@H](n2cc(-c3cccnc3)nn2)[C@H](OCc2ccc(C#C[Si](C)(C)C)cc2)C1. The van der Waals surface area contributed by atoms with Gasteiger partial charge in [0, 0.05) is 36.6 Å². The number of benzene rings is 1. The molecule has 3 aromatic rings. The van der Waals surface area contributed by atoms with E-state index in [2.05, 4.69) is 53.0 Å². The van der Waals surface area contributed by atoms with Crippen molar-refractivity contribution in [2.24, 2.45) is 0 Å². The monoisotopic (exact) mass is 471 g/mol. The number of aromatic nitrogens is 4. The minimum atomic E-state index is -1.41. The van der Waals surface area contributed by atoms with E-state index in [4.69, 9.17) is 4.74 Å². The number of hydrogen-bond acceptors (Lipinski definition) is 5. The Morgan fingerprint density at radius 2 is 2.03 bits per heavy atom. The van der Waals surface area contributed by atoms with Gasteiger partial charge in [0.25, 0.3) is 0 Å². The summed E-state index contributed by atoms with van der Waals surface area (Å²) in [6.45, 7) is 11.7. The minimum Gasteiger partial charge on any atom is -0.369 e. The molecule has 2 atom stereocenters. The first kappa shape index (κ1) is 23.6. The zero-order chi connectivity index (χ0) is 24.1. The zero-order valence-electron chi connectivity index (χ0n) is 19.8. The molecule has 1 amide bonds. The van der Waals surface area contributed by atoms with Crippen LogP contribution >= 0.6 is 0 Å². The summed E-state index contributed by atoms with van der Waals surface area (Å²) in [4.78, 5) is 18.2. The van der Waals surface area contributed by atoms with Crippen LogP contribution in [0.5, 0.6) is 0 Å². The molecule has 1 aliphatic heterocycles. The Kier molecular flexibility index (Phi) is 7.05. The van der Waals surface area contributed by atoms with Gasteiger partial charge in [0.05, 0.1) is 24.9 Å². The fourth-order valence-corrected chi connectivity index (χ4v) is 4.24. The second-order valence-corrected chi connectivity index (χ2v) is 14.1. The molecule has 174 valence electrons. The van der Waals surface area contributed by atoms with E-state index >= 15 is 0 Å². The van der Waals surface area contributed by atoms with Crippen LogP contribution < -0.4 is 0 Å². The number of carbonyl (C=O) groups excluding carboxylic acids is 1. The number of amides is 1. The average molecular weight is 472 g/mol. The summed E-state index contributed by atoms with van der Waals surface area (Å²) in [6, 6.07) is 11.8. The van der Waals surface area contributed by atoms with Gasteiger partial charge in [-0.1, -0.05) is 49.5 Å². The third-order valence-corrected chi connectivity index (χ3v) is 6.41. The van der Waals surface area contributed by atoms with Crippen LogP contribution in [0.1, 0.15) is 17.2 Å². The lowest BCUT2D eigenvalue weighted by molar-refractivity contribution is -0.125. The van der Waals surface area contributed by atoms with Gasteiger partial charge in [-0.3, -0.25) is 9.78 Å².